The second-order valence-corrected chi connectivity index (χ2v) is 10.6. The average molecular weight is 505 g/mol. The molecule has 1 saturated carbocycles. The predicted molar refractivity (Wildman–Crippen MR) is 135 cm³/mol. The number of halogens is 1. The van der Waals surface area contributed by atoms with Crippen LogP contribution in [0.25, 0.3) is 0 Å². The van der Waals surface area contributed by atoms with E-state index < -0.39 is 30.5 Å². The Balaban J connectivity index is 1.40. The molecule has 1 saturated heterocycles. The first-order valence-corrected chi connectivity index (χ1v) is 13.0. The molecule has 0 spiro atoms. The Labute approximate surface area is 212 Å². The molecule has 7 heteroatoms. The van der Waals surface area contributed by atoms with Gasteiger partial charge in [-0.15, -0.1) is 0 Å². The van der Waals surface area contributed by atoms with Crippen molar-refractivity contribution in [3.8, 4) is 5.75 Å². The Bertz CT molecular complexity index is 958. The van der Waals surface area contributed by atoms with Crippen molar-refractivity contribution in [1.29, 1.82) is 0 Å². The fraction of sp³-hybridized carbons (Fsp3) is 0.571. The maximum absolute atomic E-state index is 10.8. The van der Waals surface area contributed by atoms with E-state index in [0.29, 0.717) is 22.4 Å². The molecule has 1 aliphatic carbocycles. The molecule has 2 aliphatic rings. The fourth-order valence-corrected chi connectivity index (χ4v) is 5.46. The monoisotopic (exact) mass is 504 g/mol. The van der Waals surface area contributed by atoms with Gasteiger partial charge in [-0.3, -0.25) is 0 Å². The second kappa shape index (κ2) is 11.6. The lowest BCUT2D eigenvalue weighted by Crippen LogP contribution is -2.54. The van der Waals surface area contributed by atoms with E-state index in [2.05, 4.69) is 6.92 Å². The average Bonchev–Trinajstić information content (AvgIpc) is 2.88. The normalized spacial score (nSPS) is 27.4. The zero-order valence-corrected chi connectivity index (χ0v) is 21.0. The van der Waals surface area contributed by atoms with Crippen molar-refractivity contribution in [3.63, 3.8) is 0 Å². The fourth-order valence-electron chi connectivity index (χ4n) is 5.27. The molecule has 0 bridgehead atoms. The van der Waals surface area contributed by atoms with E-state index in [1.165, 1.54) is 32.1 Å². The molecule has 1 unspecified atom stereocenters. The summed E-state index contributed by atoms with van der Waals surface area (Å²) in [4.78, 5) is 0. The summed E-state index contributed by atoms with van der Waals surface area (Å²) in [5.74, 6) is 0.867. The van der Waals surface area contributed by atoms with E-state index >= 15 is 0 Å². The van der Waals surface area contributed by atoms with Gasteiger partial charge in [-0.05, 0) is 60.6 Å². The molecular weight excluding hydrogens is 468 g/mol. The van der Waals surface area contributed by atoms with Gasteiger partial charge in [-0.25, -0.2) is 0 Å². The van der Waals surface area contributed by atoms with Crippen LogP contribution in [0.4, 0.5) is 0 Å². The van der Waals surface area contributed by atoms with Crippen LogP contribution in [0.5, 0.6) is 5.75 Å². The lowest BCUT2D eigenvalue weighted by atomic mass is 9.73. The van der Waals surface area contributed by atoms with E-state index in [1.807, 2.05) is 24.3 Å². The molecule has 1 heterocycles. The van der Waals surface area contributed by atoms with Gasteiger partial charge >= 0.3 is 0 Å². The summed E-state index contributed by atoms with van der Waals surface area (Å²) >= 11 is 6.45. The lowest BCUT2D eigenvalue weighted by Gasteiger charge is -2.37. The largest absolute Gasteiger partial charge is 0.493 e. The maximum atomic E-state index is 10.8. The molecule has 2 aromatic carbocycles. The van der Waals surface area contributed by atoms with Gasteiger partial charge in [0, 0.05) is 10.4 Å². The highest BCUT2D eigenvalue weighted by Gasteiger charge is 2.41. The topological polar surface area (TPSA) is 99.4 Å². The Kier molecular flexibility index (Phi) is 8.74. The Hall–Kier alpha value is -1.67. The predicted octanol–water partition coefficient (Wildman–Crippen LogP) is 4.19. The zero-order valence-electron chi connectivity index (χ0n) is 20.3. The third-order valence-corrected chi connectivity index (χ3v) is 8.16. The van der Waals surface area contributed by atoms with Gasteiger partial charge in [0.2, 0.25) is 0 Å². The third kappa shape index (κ3) is 6.19. The first kappa shape index (κ1) is 26.4. The van der Waals surface area contributed by atoms with E-state index in [4.69, 9.17) is 21.1 Å². The summed E-state index contributed by atoms with van der Waals surface area (Å²) in [6.45, 7) is 2.86. The van der Waals surface area contributed by atoms with Crippen LogP contribution in [0.3, 0.4) is 0 Å². The van der Waals surface area contributed by atoms with Crippen LogP contribution in [0.2, 0.25) is 5.02 Å². The second-order valence-electron chi connectivity index (χ2n) is 10.2. The smallest absolute Gasteiger partial charge is 0.119 e. The number of hydrogen-bond acceptors (Lipinski definition) is 6. The molecule has 6 nitrogen and oxygen atoms in total. The molecule has 0 amide bonds. The number of ether oxygens (including phenoxy) is 2. The molecule has 1 aliphatic heterocycles. The van der Waals surface area contributed by atoms with Gasteiger partial charge in [0.15, 0.2) is 0 Å². The van der Waals surface area contributed by atoms with E-state index in [0.717, 1.165) is 29.9 Å². The summed E-state index contributed by atoms with van der Waals surface area (Å²) in [5, 5.41) is 41.2. The van der Waals surface area contributed by atoms with Crippen LogP contribution in [-0.2, 0) is 11.2 Å². The summed E-state index contributed by atoms with van der Waals surface area (Å²) in [6, 6.07) is 13.2. The number of aliphatic hydroxyl groups excluding tert-OH is 4. The minimum atomic E-state index is -1.40. The van der Waals surface area contributed by atoms with Crippen LogP contribution in [0, 0.1) is 5.41 Å². The molecule has 5 atom stereocenters. The van der Waals surface area contributed by atoms with Gasteiger partial charge in [-0.1, -0.05) is 62.1 Å². The van der Waals surface area contributed by atoms with Crippen molar-refractivity contribution < 1.29 is 29.9 Å². The summed E-state index contributed by atoms with van der Waals surface area (Å²) in [6.07, 6.45) is 1.92. The number of benzene rings is 2. The molecule has 2 fully saturated rings. The van der Waals surface area contributed by atoms with Crippen molar-refractivity contribution in [2.24, 2.45) is 5.41 Å². The molecule has 4 rings (SSSR count). The number of aliphatic hydroxyl groups is 4. The molecule has 4 N–H and O–H groups in total. The Morgan fingerprint density at radius 1 is 1.03 bits per heavy atom. The van der Waals surface area contributed by atoms with Gasteiger partial charge < -0.3 is 29.9 Å². The molecule has 0 aromatic heterocycles. The highest BCUT2D eigenvalue weighted by molar-refractivity contribution is 6.31. The molecule has 192 valence electrons. The van der Waals surface area contributed by atoms with Crippen molar-refractivity contribution in [1.82, 2.24) is 0 Å². The first-order valence-electron chi connectivity index (χ1n) is 12.7. The summed E-state index contributed by atoms with van der Waals surface area (Å²) < 4.78 is 11.6. The standard InChI is InChI=1S/C28H37ClO6/c1-2-28(12-4-3-5-13-28)17-35-21-9-6-18(7-10-21)14-20-15-19(8-11-22(20)29)24(31)27-26(33)25(32)23(30)16-34-27/h6-11,15,23-27,30-33H,2-5,12-14,16-17H2,1H3/t23-,24?,25+,26+,27-/m0/s1. The summed E-state index contributed by atoms with van der Waals surface area (Å²) in [5.41, 5.74) is 2.71. The van der Waals surface area contributed by atoms with Crippen LogP contribution in [0.15, 0.2) is 42.5 Å². The van der Waals surface area contributed by atoms with E-state index in [-0.39, 0.29) is 6.61 Å². The summed E-state index contributed by atoms with van der Waals surface area (Å²) in [7, 11) is 0. The van der Waals surface area contributed by atoms with Crippen molar-refractivity contribution in [2.75, 3.05) is 13.2 Å². The lowest BCUT2D eigenvalue weighted by molar-refractivity contribution is -0.212. The van der Waals surface area contributed by atoms with Gasteiger partial charge in [0.05, 0.1) is 13.2 Å². The highest BCUT2D eigenvalue weighted by Crippen LogP contribution is 2.39. The van der Waals surface area contributed by atoms with Crippen molar-refractivity contribution >= 4 is 11.6 Å². The third-order valence-electron chi connectivity index (χ3n) is 7.79. The Morgan fingerprint density at radius 2 is 1.74 bits per heavy atom. The van der Waals surface area contributed by atoms with Gasteiger partial charge in [0.25, 0.3) is 0 Å². The molecule has 0 radical (unpaired) electrons. The SMILES string of the molecule is CCC1(COc2ccc(Cc3cc(C(O)[C@@H]4OC[C@H](O)[C@@H](O)[C@H]4O)ccc3Cl)cc2)CCCCC1. The minimum Gasteiger partial charge on any atom is -0.493 e. The van der Waals surface area contributed by atoms with Crippen LogP contribution < -0.4 is 4.74 Å². The van der Waals surface area contributed by atoms with Crippen LogP contribution in [-0.4, -0.2) is 58.1 Å². The molecule has 2 aromatic rings. The Morgan fingerprint density at radius 3 is 2.43 bits per heavy atom. The van der Waals surface area contributed by atoms with Crippen LogP contribution in [0.1, 0.15) is 68.2 Å². The van der Waals surface area contributed by atoms with E-state index in [1.54, 1.807) is 18.2 Å². The first-order chi connectivity index (χ1) is 16.8. The zero-order chi connectivity index (χ0) is 25.0. The molecular formula is C28H37ClO6. The van der Waals surface area contributed by atoms with Crippen molar-refractivity contribution in [3.05, 3.63) is 64.2 Å². The maximum Gasteiger partial charge on any atom is 0.119 e. The van der Waals surface area contributed by atoms with Crippen molar-refractivity contribution in [2.45, 2.75) is 82.4 Å². The number of rotatable bonds is 8. The quantitative estimate of drug-likeness (QED) is 0.430. The van der Waals surface area contributed by atoms with Crippen LogP contribution >= 0.6 is 11.6 Å². The highest BCUT2D eigenvalue weighted by atomic mass is 35.5. The van der Waals surface area contributed by atoms with E-state index in [9.17, 15) is 20.4 Å². The molecule has 35 heavy (non-hydrogen) atoms. The minimum absolute atomic E-state index is 0.159. The van der Waals surface area contributed by atoms with Gasteiger partial charge in [-0.2, -0.15) is 0 Å². The van der Waals surface area contributed by atoms with Gasteiger partial charge in [0.1, 0.15) is 36.3 Å². The number of hydrogen-bond donors (Lipinski definition) is 4.